The summed E-state index contributed by atoms with van der Waals surface area (Å²) in [5, 5.41) is 11.1. The lowest BCUT2D eigenvalue weighted by Gasteiger charge is -2.28. The highest BCUT2D eigenvalue weighted by Gasteiger charge is 2.38. The lowest BCUT2D eigenvalue weighted by molar-refractivity contribution is 0.577. The third kappa shape index (κ3) is 2.21. The fourth-order valence-electron chi connectivity index (χ4n) is 4.26. The summed E-state index contributed by atoms with van der Waals surface area (Å²) in [6, 6.07) is 14.6. The molecular weight excluding hydrogens is 372 g/mol. The summed E-state index contributed by atoms with van der Waals surface area (Å²) < 4.78 is 35.7. The first-order valence-corrected chi connectivity index (χ1v) is 9.29. The molecule has 1 unspecified atom stereocenters. The molecule has 5 rings (SSSR count). The van der Waals surface area contributed by atoms with Gasteiger partial charge in [-0.25, -0.2) is 8.78 Å². The van der Waals surface area contributed by atoms with Gasteiger partial charge in [0.05, 0.1) is 11.4 Å². The van der Waals surface area contributed by atoms with Crippen LogP contribution in [-0.4, -0.2) is 13.2 Å². The fraction of sp³-hybridized carbons (Fsp3) is 0.174. The van der Waals surface area contributed by atoms with Crippen LogP contribution in [-0.2, 0) is 0 Å². The zero-order valence-corrected chi connectivity index (χ0v) is 16.1. The molecule has 6 heteroatoms. The summed E-state index contributed by atoms with van der Waals surface area (Å²) in [5.41, 5.74) is 3.14. The molecule has 0 fully saturated rings. The Balaban J connectivity index is 1.85. The molecule has 0 N–H and O–H groups in total. The number of rotatable bonds is 1. The van der Waals surface area contributed by atoms with Crippen LogP contribution in [0.5, 0.6) is 0 Å². The van der Waals surface area contributed by atoms with Gasteiger partial charge >= 0.3 is 0 Å². The molecule has 3 aromatic carbocycles. The van der Waals surface area contributed by atoms with Gasteiger partial charge in [0.2, 0.25) is 0 Å². The highest BCUT2D eigenvalue weighted by molar-refractivity contribution is 6.10. The molecule has 0 saturated heterocycles. The van der Waals surface area contributed by atoms with Crippen LogP contribution in [0, 0.1) is 29.9 Å². The molecular formula is C23H17F2N3O. The Morgan fingerprint density at radius 3 is 2.59 bits per heavy atom. The number of hydrogen-bond donors (Lipinski definition) is 0. The second-order valence-electron chi connectivity index (χ2n) is 7.35. The van der Waals surface area contributed by atoms with E-state index in [1.807, 2.05) is 55.1 Å². The Kier molecular flexibility index (Phi) is 3.59. The number of furan rings is 1. The van der Waals surface area contributed by atoms with Crippen LogP contribution in [0.4, 0.5) is 25.8 Å². The van der Waals surface area contributed by atoms with Crippen molar-refractivity contribution in [1.82, 2.24) is 0 Å². The second-order valence-corrected chi connectivity index (χ2v) is 7.35. The highest BCUT2D eigenvalue weighted by atomic mass is 19.1. The molecule has 2 heterocycles. The minimum absolute atomic E-state index is 0.211. The molecule has 29 heavy (non-hydrogen) atoms. The van der Waals surface area contributed by atoms with Crippen molar-refractivity contribution in [1.29, 1.82) is 5.26 Å². The molecule has 1 atom stereocenters. The molecule has 1 aliphatic rings. The maximum atomic E-state index is 15.0. The Bertz CT molecular complexity index is 1350. The molecule has 144 valence electrons. The van der Waals surface area contributed by atoms with Crippen molar-refractivity contribution in [3.8, 4) is 6.07 Å². The predicted octanol–water partition coefficient (Wildman–Crippen LogP) is 5.98. The summed E-state index contributed by atoms with van der Waals surface area (Å²) in [7, 11) is 1.74. The van der Waals surface area contributed by atoms with E-state index in [-0.39, 0.29) is 11.9 Å². The quantitative estimate of drug-likeness (QED) is 0.402. The van der Waals surface area contributed by atoms with Gasteiger partial charge < -0.3 is 14.2 Å². The first-order valence-electron chi connectivity index (χ1n) is 9.29. The minimum Gasteiger partial charge on any atom is -0.454 e. The monoisotopic (exact) mass is 389 g/mol. The number of nitrogens with zero attached hydrogens (tertiary/aromatic N) is 3. The van der Waals surface area contributed by atoms with E-state index >= 15 is 0 Å². The van der Waals surface area contributed by atoms with Crippen molar-refractivity contribution in [3.63, 3.8) is 0 Å². The maximum Gasteiger partial charge on any atom is 0.169 e. The number of nitriles is 1. The van der Waals surface area contributed by atoms with Crippen molar-refractivity contribution in [2.45, 2.75) is 20.0 Å². The van der Waals surface area contributed by atoms with Crippen molar-refractivity contribution >= 4 is 39.0 Å². The maximum absolute atomic E-state index is 15.0. The minimum atomic E-state index is -0.870. The standard InChI is InChI=1S/C23H17F2N3O/c1-12-8-9-15-14-6-4-5-7-19(14)29-23(15)21(12)28-13(2)27(3)22-18(28)10-17(24)16(11-26)20(22)25/h4-10,13H,1-3H3. The van der Waals surface area contributed by atoms with E-state index in [1.54, 1.807) is 18.0 Å². The van der Waals surface area contributed by atoms with Crippen LogP contribution in [0.3, 0.4) is 0 Å². The number of halogens is 2. The summed E-state index contributed by atoms with van der Waals surface area (Å²) in [6.45, 7) is 3.85. The third-order valence-corrected chi connectivity index (χ3v) is 5.79. The summed E-state index contributed by atoms with van der Waals surface area (Å²) in [6.07, 6.45) is -0.301. The third-order valence-electron chi connectivity index (χ3n) is 5.79. The Morgan fingerprint density at radius 1 is 1.07 bits per heavy atom. The lowest BCUT2D eigenvalue weighted by Crippen LogP contribution is -2.36. The second kappa shape index (κ2) is 5.95. The van der Waals surface area contributed by atoms with Gasteiger partial charge in [-0.15, -0.1) is 0 Å². The normalized spacial score (nSPS) is 15.9. The van der Waals surface area contributed by atoms with Crippen LogP contribution in [0.15, 0.2) is 46.9 Å². The van der Waals surface area contributed by atoms with E-state index in [4.69, 9.17) is 9.68 Å². The molecule has 4 aromatic rings. The van der Waals surface area contributed by atoms with E-state index < -0.39 is 17.2 Å². The van der Waals surface area contributed by atoms with Gasteiger partial charge in [0.1, 0.15) is 34.9 Å². The van der Waals surface area contributed by atoms with Crippen molar-refractivity contribution in [3.05, 3.63) is 65.2 Å². The van der Waals surface area contributed by atoms with Gasteiger partial charge in [-0.2, -0.15) is 5.26 Å². The molecule has 0 spiro atoms. The summed E-state index contributed by atoms with van der Waals surface area (Å²) in [4.78, 5) is 3.59. The van der Waals surface area contributed by atoms with Crippen LogP contribution >= 0.6 is 0 Å². The van der Waals surface area contributed by atoms with Gasteiger partial charge in [0.25, 0.3) is 0 Å². The van der Waals surface area contributed by atoms with Crippen LogP contribution < -0.4 is 9.80 Å². The smallest absolute Gasteiger partial charge is 0.169 e. The first kappa shape index (κ1) is 17.5. The van der Waals surface area contributed by atoms with Crippen molar-refractivity contribution in [2.24, 2.45) is 0 Å². The fourth-order valence-corrected chi connectivity index (χ4v) is 4.26. The van der Waals surface area contributed by atoms with Crippen molar-refractivity contribution < 1.29 is 13.2 Å². The lowest BCUT2D eigenvalue weighted by atomic mass is 10.1. The molecule has 0 amide bonds. The highest BCUT2D eigenvalue weighted by Crippen LogP contribution is 2.49. The van der Waals surface area contributed by atoms with E-state index in [0.717, 1.165) is 27.6 Å². The van der Waals surface area contributed by atoms with E-state index in [0.29, 0.717) is 11.3 Å². The molecule has 0 aliphatic carbocycles. The van der Waals surface area contributed by atoms with Crippen LogP contribution in [0.2, 0.25) is 0 Å². The summed E-state index contributed by atoms with van der Waals surface area (Å²) >= 11 is 0. The van der Waals surface area contributed by atoms with Gasteiger partial charge in [0, 0.05) is 23.9 Å². The van der Waals surface area contributed by atoms with E-state index in [1.165, 1.54) is 6.07 Å². The number of para-hydroxylation sites is 1. The Hall–Kier alpha value is -3.59. The van der Waals surface area contributed by atoms with Gasteiger partial charge in [-0.05, 0) is 25.5 Å². The zero-order valence-electron chi connectivity index (χ0n) is 16.1. The average molecular weight is 389 g/mol. The topological polar surface area (TPSA) is 43.4 Å². The molecule has 1 aromatic heterocycles. The van der Waals surface area contributed by atoms with Gasteiger partial charge in [0.15, 0.2) is 11.4 Å². The SMILES string of the molecule is Cc1ccc2c(oc3ccccc32)c1N1c2cc(F)c(C#N)c(F)c2N(C)C1C. The number of hydrogen-bond acceptors (Lipinski definition) is 4. The van der Waals surface area contributed by atoms with Gasteiger partial charge in [-0.1, -0.05) is 30.3 Å². The van der Waals surface area contributed by atoms with Crippen LogP contribution in [0.25, 0.3) is 21.9 Å². The number of benzene rings is 3. The molecule has 0 bridgehead atoms. The Morgan fingerprint density at radius 2 is 1.83 bits per heavy atom. The zero-order chi connectivity index (χ0) is 20.4. The van der Waals surface area contributed by atoms with Gasteiger partial charge in [-0.3, -0.25) is 0 Å². The largest absolute Gasteiger partial charge is 0.454 e. The molecule has 0 saturated carbocycles. The number of aryl methyl sites for hydroxylation is 1. The first-order chi connectivity index (χ1) is 13.9. The average Bonchev–Trinajstić information content (AvgIpc) is 3.18. The van der Waals surface area contributed by atoms with E-state index in [9.17, 15) is 8.78 Å². The number of anilines is 3. The van der Waals surface area contributed by atoms with Crippen LogP contribution in [0.1, 0.15) is 18.1 Å². The predicted molar refractivity (Wildman–Crippen MR) is 110 cm³/mol. The molecule has 1 aliphatic heterocycles. The molecule has 4 nitrogen and oxygen atoms in total. The Labute approximate surface area is 166 Å². The molecule has 0 radical (unpaired) electrons. The van der Waals surface area contributed by atoms with E-state index in [2.05, 4.69) is 0 Å². The summed E-state index contributed by atoms with van der Waals surface area (Å²) in [5.74, 6) is -1.71. The van der Waals surface area contributed by atoms with Crippen molar-refractivity contribution in [2.75, 3.05) is 16.8 Å². The number of fused-ring (bicyclic) bond motifs is 4.